The van der Waals surface area contributed by atoms with Crippen LogP contribution in [0.25, 0.3) is 0 Å². The number of ether oxygens (including phenoxy) is 2. The lowest BCUT2D eigenvalue weighted by atomic mass is 10.1. The van der Waals surface area contributed by atoms with Gasteiger partial charge in [-0.3, -0.25) is 9.48 Å². The number of hydrogen-bond acceptors (Lipinski definition) is 4. The van der Waals surface area contributed by atoms with Crippen molar-refractivity contribution in [2.24, 2.45) is 0 Å². The quantitative estimate of drug-likeness (QED) is 0.680. The van der Waals surface area contributed by atoms with E-state index in [2.05, 4.69) is 5.10 Å². The Hall–Kier alpha value is -1.36. The fourth-order valence-corrected chi connectivity index (χ4v) is 2.03. The van der Waals surface area contributed by atoms with Crippen molar-refractivity contribution in [2.45, 2.75) is 52.7 Å². The summed E-state index contributed by atoms with van der Waals surface area (Å²) in [5.74, 6) is 0.464. The third kappa shape index (κ3) is 3.56. The molecule has 1 aromatic rings. The average molecular weight is 268 g/mol. The molecule has 0 saturated heterocycles. The first kappa shape index (κ1) is 15.7. The zero-order valence-corrected chi connectivity index (χ0v) is 12.5. The first-order chi connectivity index (χ1) is 9.06. The number of aromatic nitrogens is 2. The zero-order chi connectivity index (χ0) is 14.4. The molecule has 0 N–H and O–H groups in total. The second-order valence-corrected chi connectivity index (χ2v) is 4.70. The maximum Gasteiger partial charge on any atom is 0.213 e. The zero-order valence-electron chi connectivity index (χ0n) is 12.5. The van der Waals surface area contributed by atoms with Gasteiger partial charge in [-0.25, -0.2) is 0 Å². The molecule has 5 heteroatoms. The van der Waals surface area contributed by atoms with Crippen LogP contribution in [0.5, 0.6) is 5.75 Å². The Labute approximate surface area is 114 Å². The summed E-state index contributed by atoms with van der Waals surface area (Å²) in [6, 6.07) is 0.103. The third-order valence-corrected chi connectivity index (χ3v) is 2.92. The van der Waals surface area contributed by atoms with Crippen LogP contribution >= 0.6 is 0 Å². The van der Waals surface area contributed by atoms with Crippen molar-refractivity contribution in [1.82, 2.24) is 9.78 Å². The predicted molar refractivity (Wildman–Crippen MR) is 73.8 cm³/mol. The van der Waals surface area contributed by atoms with Crippen molar-refractivity contribution in [2.75, 3.05) is 13.7 Å². The number of methoxy groups -OCH3 is 1. The highest BCUT2D eigenvalue weighted by Gasteiger charge is 2.27. The minimum absolute atomic E-state index is 0.0493. The Morgan fingerprint density at radius 2 is 2.11 bits per heavy atom. The molecule has 1 heterocycles. The van der Waals surface area contributed by atoms with Gasteiger partial charge in [0.05, 0.1) is 13.3 Å². The van der Waals surface area contributed by atoms with E-state index in [1.807, 2.05) is 27.7 Å². The smallest absolute Gasteiger partial charge is 0.213 e. The van der Waals surface area contributed by atoms with Gasteiger partial charge in [-0.2, -0.15) is 5.10 Å². The van der Waals surface area contributed by atoms with Crippen molar-refractivity contribution in [3.05, 3.63) is 11.9 Å². The summed E-state index contributed by atoms with van der Waals surface area (Å²) in [5.41, 5.74) is 0.504. The van der Waals surface area contributed by atoms with Crippen LogP contribution in [0.2, 0.25) is 0 Å². The van der Waals surface area contributed by atoms with Crippen LogP contribution < -0.4 is 4.74 Å². The van der Waals surface area contributed by atoms with Crippen molar-refractivity contribution in [1.29, 1.82) is 0 Å². The minimum Gasteiger partial charge on any atom is -0.493 e. The van der Waals surface area contributed by atoms with Crippen LogP contribution in [0, 0.1) is 0 Å². The lowest BCUT2D eigenvalue weighted by molar-refractivity contribution is 0.0409. The van der Waals surface area contributed by atoms with Crippen LogP contribution in [0.4, 0.5) is 0 Å². The van der Waals surface area contributed by atoms with Gasteiger partial charge in [-0.15, -0.1) is 0 Å². The van der Waals surface area contributed by atoms with Gasteiger partial charge in [-0.05, 0) is 27.2 Å². The van der Waals surface area contributed by atoms with Crippen molar-refractivity contribution < 1.29 is 14.3 Å². The fraction of sp³-hybridized carbons (Fsp3) is 0.714. The number of carbonyl (C=O) groups excluding carboxylic acids is 1. The Bertz CT molecular complexity index is 407. The summed E-state index contributed by atoms with van der Waals surface area (Å²) in [4.78, 5) is 12.6. The van der Waals surface area contributed by atoms with E-state index in [-0.39, 0.29) is 11.8 Å². The van der Waals surface area contributed by atoms with E-state index < -0.39 is 6.10 Å². The van der Waals surface area contributed by atoms with Crippen LogP contribution in [0.15, 0.2) is 6.20 Å². The van der Waals surface area contributed by atoms with Gasteiger partial charge in [-0.1, -0.05) is 13.3 Å². The molecular formula is C14H24N2O3. The molecule has 19 heavy (non-hydrogen) atoms. The highest BCUT2D eigenvalue weighted by Crippen LogP contribution is 2.24. The van der Waals surface area contributed by atoms with Crippen LogP contribution in [0.1, 0.15) is 57.1 Å². The van der Waals surface area contributed by atoms with Gasteiger partial charge in [0.1, 0.15) is 11.8 Å². The monoisotopic (exact) mass is 268 g/mol. The minimum atomic E-state index is -0.418. The van der Waals surface area contributed by atoms with Gasteiger partial charge >= 0.3 is 0 Å². The number of hydrogen-bond donors (Lipinski definition) is 0. The molecule has 0 amide bonds. The molecular weight excluding hydrogens is 244 g/mol. The lowest BCUT2D eigenvalue weighted by Crippen LogP contribution is -2.27. The Kier molecular flexibility index (Phi) is 6.02. The van der Waals surface area contributed by atoms with E-state index in [0.29, 0.717) is 24.5 Å². The Morgan fingerprint density at radius 1 is 1.42 bits per heavy atom. The molecule has 0 fully saturated rings. The molecule has 0 spiro atoms. The second-order valence-electron chi connectivity index (χ2n) is 4.70. The maximum atomic E-state index is 12.6. The molecule has 108 valence electrons. The summed E-state index contributed by atoms with van der Waals surface area (Å²) in [6.07, 6.45) is 2.77. The van der Waals surface area contributed by atoms with E-state index in [9.17, 15) is 4.79 Å². The summed E-state index contributed by atoms with van der Waals surface area (Å²) in [7, 11) is 1.55. The van der Waals surface area contributed by atoms with E-state index >= 15 is 0 Å². The van der Waals surface area contributed by atoms with Gasteiger partial charge in [0.2, 0.25) is 5.78 Å². The SMILES string of the molecule is CCCC(OCC)C(=O)c1c(OC)cnn1C(C)C. The van der Waals surface area contributed by atoms with Crippen LogP contribution in [-0.4, -0.2) is 35.4 Å². The second kappa shape index (κ2) is 7.28. The molecule has 5 nitrogen and oxygen atoms in total. The predicted octanol–water partition coefficient (Wildman–Crippen LogP) is 2.86. The number of Topliss-reactive ketones (excluding diaryl/α,β-unsaturated/α-hetero) is 1. The molecule has 1 atom stereocenters. The van der Waals surface area contributed by atoms with E-state index in [4.69, 9.17) is 9.47 Å². The number of ketones is 1. The van der Waals surface area contributed by atoms with Gasteiger partial charge in [0.15, 0.2) is 5.75 Å². The molecule has 0 aromatic carbocycles. The molecule has 0 aliphatic heterocycles. The fourth-order valence-electron chi connectivity index (χ4n) is 2.03. The Morgan fingerprint density at radius 3 is 2.58 bits per heavy atom. The van der Waals surface area contributed by atoms with Gasteiger partial charge in [0, 0.05) is 12.6 Å². The first-order valence-corrected chi connectivity index (χ1v) is 6.84. The summed E-state index contributed by atoms with van der Waals surface area (Å²) in [5, 5.41) is 4.23. The highest BCUT2D eigenvalue weighted by atomic mass is 16.5. The molecule has 0 aliphatic carbocycles. The summed E-state index contributed by atoms with van der Waals surface area (Å²) >= 11 is 0. The molecule has 0 saturated carbocycles. The molecule has 1 aromatic heterocycles. The molecule has 0 aliphatic rings. The standard InChI is InChI=1S/C14H24N2O3/c1-6-8-11(19-7-2)14(17)13-12(18-5)9-15-16(13)10(3)4/h9-11H,6-8H2,1-5H3. The Balaban J connectivity index is 3.11. The van der Waals surface area contributed by atoms with Crippen molar-refractivity contribution in [3.8, 4) is 5.75 Å². The van der Waals surface area contributed by atoms with Gasteiger partial charge < -0.3 is 9.47 Å². The van der Waals surface area contributed by atoms with Crippen LogP contribution in [-0.2, 0) is 4.74 Å². The largest absolute Gasteiger partial charge is 0.493 e. The molecule has 0 radical (unpaired) electrons. The van der Waals surface area contributed by atoms with Crippen LogP contribution in [0.3, 0.4) is 0 Å². The molecule has 1 rings (SSSR count). The first-order valence-electron chi connectivity index (χ1n) is 6.84. The molecule has 0 bridgehead atoms. The third-order valence-electron chi connectivity index (χ3n) is 2.92. The summed E-state index contributed by atoms with van der Waals surface area (Å²) < 4.78 is 12.5. The molecule has 1 unspecified atom stereocenters. The number of nitrogens with zero attached hydrogens (tertiary/aromatic N) is 2. The van der Waals surface area contributed by atoms with Gasteiger partial charge in [0.25, 0.3) is 0 Å². The lowest BCUT2D eigenvalue weighted by Gasteiger charge is -2.18. The average Bonchev–Trinajstić information content (AvgIpc) is 2.81. The van der Waals surface area contributed by atoms with Crippen molar-refractivity contribution in [3.63, 3.8) is 0 Å². The topological polar surface area (TPSA) is 53.4 Å². The maximum absolute atomic E-state index is 12.6. The van der Waals surface area contributed by atoms with E-state index in [1.54, 1.807) is 18.0 Å². The van der Waals surface area contributed by atoms with E-state index in [0.717, 1.165) is 6.42 Å². The summed E-state index contributed by atoms with van der Waals surface area (Å²) in [6.45, 7) is 8.43. The number of rotatable bonds is 8. The van der Waals surface area contributed by atoms with Crippen molar-refractivity contribution >= 4 is 5.78 Å². The normalized spacial score (nSPS) is 12.7. The number of carbonyl (C=O) groups is 1. The highest BCUT2D eigenvalue weighted by molar-refractivity contribution is 6.00. The van der Waals surface area contributed by atoms with E-state index in [1.165, 1.54) is 0 Å².